The van der Waals surface area contributed by atoms with Crippen molar-refractivity contribution in [3.63, 3.8) is 0 Å². The molecule has 0 fully saturated rings. The van der Waals surface area contributed by atoms with Crippen molar-refractivity contribution in [2.24, 2.45) is 0 Å². The van der Waals surface area contributed by atoms with E-state index in [1.165, 1.54) is 6.07 Å². The number of hydrogen-bond acceptors (Lipinski definition) is 4. The molecule has 1 rings (SSSR count). The molecule has 1 aromatic carbocycles. The fraction of sp³-hybridized carbons (Fsp3) is 0.538. The molecule has 0 saturated heterocycles. The fourth-order valence-electron chi connectivity index (χ4n) is 1.71. The van der Waals surface area contributed by atoms with Crippen molar-refractivity contribution < 1.29 is 4.92 Å². The molecule has 0 radical (unpaired) electrons. The van der Waals surface area contributed by atoms with Crippen molar-refractivity contribution >= 4 is 17.1 Å². The number of non-ortho nitro benzene ring substituents is 1. The molecule has 0 aromatic heterocycles. The monoisotopic (exact) mass is 251 g/mol. The Morgan fingerprint density at radius 2 is 1.78 bits per heavy atom. The first-order chi connectivity index (χ1) is 8.44. The molecular formula is C13H21N3O2. The Hall–Kier alpha value is -1.78. The number of nitrogens with zero attached hydrogens (tertiary/aromatic N) is 1. The van der Waals surface area contributed by atoms with Gasteiger partial charge in [-0.15, -0.1) is 0 Å². The van der Waals surface area contributed by atoms with E-state index in [1.807, 2.05) is 6.07 Å². The van der Waals surface area contributed by atoms with Gasteiger partial charge in [0.15, 0.2) is 0 Å². The molecule has 5 nitrogen and oxygen atoms in total. The quantitative estimate of drug-likeness (QED) is 0.598. The smallest absolute Gasteiger partial charge is 0.273 e. The van der Waals surface area contributed by atoms with Gasteiger partial charge in [0.1, 0.15) is 0 Å². The highest BCUT2D eigenvalue weighted by molar-refractivity contribution is 5.63. The standard InChI is InChI=1S/C13H21N3O2/c1-5-13(3,6-2)15-11-7-10(14-4)8-12(9-11)16(17)18/h7-9,14-15H,5-6H2,1-4H3. The first-order valence-electron chi connectivity index (χ1n) is 6.19. The lowest BCUT2D eigenvalue weighted by atomic mass is 9.95. The normalized spacial score (nSPS) is 11.1. The number of nitro groups is 1. The van der Waals surface area contributed by atoms with Crippen LogP contribution < -0.4 is 10.6 Å². The third-order valence-corrected chi connectivity index (χ3v) is 3.42. The average molecular weight is 251 g/mol. The van der Waals surface area contributed by atoms with E-state index in [0.717, 1.165) is 24.2 Å². The summed E-state index contributed by atoms with van der Waals surface area (Å²) in [4.78, 5) is 10.5. The summed E-state index contributed by atoms with van der Waals surface area (Å²) in [5.41, 5.74) is 1.57. The lowest BCUT2D eigenvalue weighted by Crippen LogP contribution is -2.32. The zero-order chi connectivity index (χ0) is 13.8. The Labute approximate surface area is 108 Å². The van der Waals surface area contributed by atoms with Gasteiger partial charge in [0.05, 0.1) is 4.92 Å². The molecule has 0 amide bonds. The molecule has 0 saturated carbocycles. The van der Waals surface area contributed by atoms with Gasteiger partial charge in [-0.3, -0.25) is 10.1 Å². The molecule has 0 unspecified atom stereocenters. The Kier molecular flexibility index (Phi) is 4.53. The highest BCUT2D eigenvalue weighted by Crippen LogP contribution is 2.28. The predicted molar refractivity (Wildman–Crippen MR) is 75.3 cm³/mol. The zero-order valence-electron chi connectivity index (χ0n) is 11.4. The van der Waals surface area contributed by atoms with Gasteiger partial charge in [-0.2, -0.15) is 0 Å². The summed E-state index contributed by atoms with van der Waals surface area (Å²) in [5, 5.41) is 17.2. The number of hydrogen-bond donors (Lipinski definition) is 2. The van der Waals surface area contributed by atoms with E-state index in [-0.39, 0.29) is 16.1 Å². The van der Waals surface area contributed by atoms with Crippen molar-refractivity contribution in [2.45, 2.75) is 39.2 Å². The molecule has 0 aliphatic rings. The highest BCUT2D eigenvalue weighted by atomic mass is 16.6. The van der Waals surface area contributed by atoms with Crippen molar-refractivity contribution in [2.75, 3.05) is 17.7 Å². The Morgan fingerprint density at radius 3 is 2.22 bits per heavy atom. The van der Waals surface area contributed by atoms with Crippen LogP contribution in [0.4, 0.5) is 17.1 Å². The van der Waals surface area contributed by atoms with Crippen LogP contribution in [0.15, 0.2) is 18.2 Å². The third kappa shape index (κ3) is 3.35. The largest absolute Gasteiger partial charge is 0.388 e. The van der Waals surface area contributed by atoms with E-state index >= 15 is 0 Å². The molecule has 18 heavy (non-hydrogen) atoms. The topological polar surface area (TPSA) is 67.2 Å². The zero-order valence-corrected chi connectivity index (χ0v) is 11.4. The summed E-state index contributed by atoms with van der Waals surface area (Å²) in [5.74, 6) is 0. The van der Waals surface area contributed by atoms with Crippen molar-refractivity contribution in [1.29, 1.82) is 0 Å². The maximum atomic E-state index is 10.9. The molecule has 0 atom stereocenters. The maximum Gasteiger partial charge on any atom is 0.273 e. The van der Waals surface area contributed by atoms with Gasteiger partial charge in [-0.25, -0.2) is 0 Å². The number of nitrogens with one attached hydrogen (secondary N) is 2. The van der Waals surface area contributed by atoms with Crippen molar-refractivity contribution in [3.05, 3.63) is 28.3 Å². The number of nitro benzene ring substituents is 1. The van der Waals surface area contributed by atoms with E-state index in [2.05, 4.69) is 31.4 Å². The molecule has 0 spiro atoms. The van der Waals surface area contributed by atoms with Gasteiger partial charge in [0.25, 0.3) is 5.69 Å². The predicted octanol–water partition coefficient (Wildman–Crippen LogP) is 3.63. The molecular weight excluding hydrogens is 230 g/mol. The number of rotatable bonds is 6. The van der Waals surface area contributed by atoms with Crippen LogP contribution >= 0.6 is 0 Å². The highest BCUT2D eigenvalue weighted by Gasteiger charge is 2.20. The first kappa shape index (κ1) is 14.3. The lowest BCUT2D eigenvalue weighted by molar-refractivity contribution is -0.384. The third-order valence-electron chi connectivity index (χ3n) is 3.42. The Bertz CT molecular complexity index is 428. The second-order valence-corrected chi connectivity index (χ2v) is 4.67. The summed E-state index contributed by atoms with van der Waals surface area (Å²) in [6.07, 6.45) is 1.92. The lowest BCUT2D eigenvalue weighted by Gasteiger charge is -2.29. The summed E-state index contributed by atoms with van der Waals surface area (Å²) >= 11 is 0. The summed E-state index contributed by atoms with van der Waals surface area (Å²) in [6, 6.07) is 4.99. The molecule has 0 heterocycles. The summed E-state index contributed by atoms with van der Waals surface area (Å²) < 4.78 is 0. The molecule has 0 aliphatic heterocycles. The van der Waals surface area contributed by atoms with Crippen LogP contribution in [0.25, 0.3) is 0 Å². The first-order valence-corrected chi connectivity index (χ1v) is 6.19. The second kappa shape index (κ2) is 5.71. The van der Waals surface area contributed by atoms with Crippen LogP contribution in [0.5, 0.6) is 0 Å². The molecule has 0 bridgehead atoms. The molecule has 2 N–H and O–H groups in total. The Morgan fingerprint density at radius 1 is 1.22 bits per heavy atom. The van der Waals surface area contributed by atoms with E-state index in [0.29, 0.717) is 0 Å². The molecule has 100 valence electrons. The van der Waals surface area contributed by atoms with Crippen LogP contribution in [0, 0.1) is 10.1 Å². The van der Waals surface area contributed by atoms with E-state index in [1.54, 1.807) is 13.1 Å². The second-order valence-electron chi connectivity index (χ2n) is 4.67. The van der Waals surface area contributed by atoms with Crippen LogP contribution in [0.1, 0.15) is 33.6 Å². The van der Waals surface area contributed by atoms with Gasteiger partial charge >= 0.3 is 0 Å². The Balaban J connectivity index is 3.08. The van der Waals surface area contributed by atoms with Crippen LogP contribution in [-0.2, 0) is 0 Å². The van der Waals surface area contributed by atoms with Gasteiger partial charge < -0.3 is 10.6 Å². The SMILES string of the molecule is CCC(C)(CC)Nc1cc(NC)cc([N+](=O)[O-])c1. The summed E-state index contributed by atoms with van der Waals surface area (Å²) in [6.45, 7) is 6.32. The minimum absolute atomic E-state index is 0.0414. The molecule has 5 heteroatoms. The van der Waals surface area contributed by atoms with Crippen molar-refractivity contribution in [3.8, 4) is 0 Å². The van der Waals surface area contributed by atoms with E-state index in [9.17, 15) is 10.1 Å². The van der Waals surface area contributed by atoms with Gasteiger partial charge in [-0.05, 0) is 25.8 Å². The molecule has 0 aliphatic carbocycles. The van der Waals surface area contributed by atoms with Crippen molar-refractivity contribution in [1.82, 2.24) is 0 Å². The van der Waals surface area contributed by atoms with Crippen LogP contribution in [0.2, 0.25) is 0 Å². The van der Waals surface area contributed by atoms with E-state index in [4.69, 9.17) is 0 Å². The van der Waals surface area contributed by atoms with Crippen LogP contribution in [-0.4, -0.2) is 17.5 Å². The van der Waals surface area contributed by atoms with Gasteiger partial charge in [-0.1, -0.05) is 13.8 Å². The fourth-order valence-corrected chi connectivity index (χ4v) is 1.71. The number of anilines is 2. The average Bonchev–Trinajstić information content (AvgIpc) is 2.38. The van der Waals surface area contributed by atoms with Gasteiger partial charge in [0, 0.05) is 36.1 Å². The minimum Gasteiger partial charge on any atom is -0.388 e. The van der Waals surface area contributed by atoms with Crippen LogP contribution in [0.3, 0.4) is 0 Å². The number of benzene rings is 1. The van der Waals surface area contributed by atoms with Gasteiger partial charge in [0.2, 0.25) is 0 Å². The minimum atomic E-state index is -0.374. The van der Waals surface area contributed by atoms with E-state index < -0.39 is 0 Å². The molecule has 1 aromatic rings. The maximum absolute atomic E-state index is 10.9. The summed E-state index contributed by atoms with van der Waals surface area (Å²) in [7, 11) is 1.75.